The monoisotopic (exact) mass is 257 g/mol. The van der Waals surface area contributed by atoms with Gasteiger partial charge < -0.3 is 5.11 Å². The van der Waals surface area contributed by atoms with Gasteiger partial charge in [0.2, 0.25) is 0 Å². The molecule has 5 heteroatoms. The molecule has 90 valence electrons. The van der Waals surface area contributed by atoms with Gasteiger partial charge in [-0.25, -0.2) is 0 Å². The Balaban J connectivity index is 2.07. The number of pyridine rings is 1. The van der Waals surface area contributed by atoms with E-state index in [4.69, 9.17) is 0 Å². The van der Waals surface area contributed by atoms with Gasteiger partial charge in [-0.2, -0.15) is 0 Å². The topological polar surface area (TPSA) is 58.9 Å². The van der Waals surface area contributed by atoms with Crippen molar-refractivity contribution in [1.29, 1.82) is 0 Å². The van der Waals surface area contributed by atoms with E-state index in [-0.39, 0.29) is 0 Å². The van der Waals surface area contributed by atoms with Gasteiger partial charge >= 0.3 is 0 Å². The first-order valence-electron chi connectivity index (χ1n) is 5.57. The van der Waals surface area contributed by atoms with Gasteiger partial charge in [-0.3, -0.25) is 4.98 Å². The largest absolute Gasteiger partial charge is 0.383 e. The highest BCUT2D eigenvalue weighted by molar-refractivity contribution is 7.05. The van der Waals surface area contributed by atoms with Crippen molar-refractivity contribution in [1.82, 2.24) is 14.6 Å². The fourth-order valence-electron chi connectivity index (χ4n) is 1.88. The first-order valence-corrected chi connectivity index (χ1v) is 6.34. The molecule has 0 amide bonds. The molecular formula is C13H11N3OS. The minimum Gasteiger partial charge on any atom is -0.383 e. The lowest BCUT2D eigenvalue weighted by Crippen LogP contribution is -2.00. The SMILES string of the molecule is Cc1nnsc1C(O)c1cnc2ccccc2c1. The number of aliphatic hydroxyl groups excluding tert-OH is 1. The van der Waals surface area contributed by atoms with Gasteiger partial charge in [-0.05, 0) is 30.6 Å². The molecule has 0 radical (unpaired) electrons. The van der Waals surface area contributed by atoms with Crippen LogP contribution < -0.4 is 0 Å². The Labute approximate surface area is 108 Å². The quantitative estimate of drug-likeness (QED) is 0.766. The average Bonchev–Trinajstić information content (AvgIpc) is 2.83. The first-order chi connectivity index (χ1) is 8.75. The van der Waals surface area contributed by atoms with Crippen molar-refractivity contribution in [2.45, 2.75) is 13.0 Å². The highest BCUT2D eigenvalue weighted by atomic mass is 32.1. The van der Waals surface area contributed by atoms with Crippen LogP contribution in [0.4, 0.5) is 0 Å². The normalized spacial score (nSPS) is 12.8. The average molecular weight is 257 g/mol. The summed E-state index contributed by atoms with van der Waals surface area (Å²) in [4.78, 5) is 5.12. The van der Waals surface area contributed by atoms with E-state index in [1.54, 1.807) is 6.20 Å². The summed E-state index contributed by atoms with van der Waals surface area (Å²) in [5, 5.41) is 15.2. The molecule has 1 unspecified atom stereocenters. The Bertz CT molecular complexity index is 695. The molecule has 0 aliphatic carbocycles. The van der Waals surface area contributed by atoms with Crippen molar-refractivity contribution in [3.05, 3.63) is 52.7 Å². The zero-order chi connectivity index (χ0) is 12.5. The number of para-hydroxylation sites is 1. The number of nitrogens with zero attached hydrogens (tertiary/aromatic N) is 3. The summed E-state index contributed by atoms with van der Waals surface area (Å²) in [7, 11) is 0. The van der Waals surface area contributed by atoms with E-state index >= 15 is 0 Å². The second-order valence-corrected chi connectivity index (χ2v) is 4.87. The maximum absolute atomic E-state index is 10.3. The summed E-state index contributed by atoms with van der Waals surface area (Å²) in [6.07, 6.45) is 0.994. The van der Waals surface area contributed by atoms with E-state index in [2.05, 4.69) is 14.6 Å². The minimum absolute atomic E-state index is 0.706. The molecule has 1 atom stereocenters. The van der Waals surface area contributed by atoms with Crippen molar-refractivity contribution in [2.24, 2.45) is 0 Å². The summed E-state index contributed by atoms with van der Waals surface area (Å²) in [6.45, 7) is 1.84. The van der Waals surface area contributed by atoms with E-state index < -0.39 is 6.10 Å². The van der Waals surface area contributed by atoms with Crippen LogP contribution in [-0.4, -0.2) is 19.7 Å². The fraction of sp³-hybridized carbons (Fsp3) is 0.154. The molecule has 18 heavy (non-hydrogen) atoms. The Morgan fingerprint density at radius 1 is 1.28 bits per heavy atom. The lowest BCUT2D eigenvalue weighted by Gasteiger charge is -2.09. The van der Waals surface area contributed by atoms with Crippen molar-refractivity contribution in [3.63, 3.8) is 0 Å². The number of aromatic nitrogens is 3. The standard InChI is InChI=1S/C13H11N3OS/c1-8-13(18-16-15-8)12(17)10-6-9-4-2-3-5-11(9)14-7-10/h2-7,12,17H,1H3. The Morgan fingerprint density at radius 2 is 2.11 bits per heavy atom. The number of rotatable bonds is 2. The highest BCUT2D eigenvalue weighted by Crippen LogP contribution is 2.27. The van der Waals surface area contributed by atoms with Crippen LogP contribution in [0.15, 0.2) is 36.5 Å². The molecule has 3 rings (SSSR count). The molecule has 3 aromatic rings. The maximum atomic E-state index is 10.3. The van der Waals surface area contributed by atoms with Gasteiger partial charge in [0.25, 0.3) is 0 Å². The third-order valence-electron chi connectivity index (χ3n) is 2.86. The lowest BCUT2D eigenvalue weighted by molar-refractivity contribution is 0.223. The van der Waals surface area contributed by atoms with Gasteiger partial charge in [0.05, 0.1) is 16.1 Å². The molecule has 4 nitrogen and oxygen atoms in total. The summed E-state index contributed by atoms with van der Waals surface area (Å²) < 4.78 is 3.84. The lowest BCUT2D eigenvalue weighted by atomic mass is 10.1. The molecule has 2 heterocycles. The van der Waals surface area contributed by atoms with Crippen LogP contribution in [0.3, 0.4) is 0 Å². The maximum Gasteiger partial charge on any atom is 0.118 e. The molecule has 0 aliphatic heterocycles. The third kappa shape index (κ3) is 1.87. The minimum atomic E-state index is -0.706. The Hall–Kier alpha value is -1.85. The molecule has 0 spiro atoms. The number of aryl methyl sites for hydroxylation is 1. The summed E-state index contributed by atoms with van der Waals surface area (Å²) in [5.74, 6) is 0. The molecule has 1 aromatic carbocycles. The van der Waals surface area contributed by atoms with Gasteiger partial charge in [0.15, 0.2) is 0 Å². The van der Waals surface area contributed by atoms with Gasteiger partial charge in [0, 0.05) is 17.1 Å². The number of hydrogen-bond acceptors (Lipinski definition) is 5. The second-order valence-electron chi connectivity index (χ2n) is 4.09. The summed E-state index contributed by atoms with van der Waals surface area (Å²) in [6, 6.07) is 9.79. The van der Waals surface area contributed by atoms with Gasteiger partial charge in [0.1, 0.15) is 6.10 Å². The van der Waals surface area contributed by atoms with E-state index in [9.17, 15) is 5.11 Å². The van der Waals surface area contributed by atoms with Crippen LogP contribution in [0.1, 0.15) is 22.2 Å². The molecule has 0 saturated carbocycles. The molecule has 2 aromatic heterocycles. The summed E-state index contributed by atoms with van der Waals surface area (Å²) >= 11 is 1.22. The number of benzene rings is 1. The number of aliphatic hydroxyl groups is 1. The van der Waals surface area contributed by atoms with Crippen LogP contribution in [-0.2, 0) is 0 Å². The van der Waals surface area contributed by atoms with Crippen LogP contribution in [0, 0.1) is 6.92 Å². The first kappa shape index (κ1) is 11.3. The second kappa shape index (κ2) is 4.44. The van der Waals surface area contributed by atoms with Gasteiger partial charge in [-0.1, -0.05) is 22.7 Å². The van der Waals surface area contributed by atoms with Crippen molar-refractivity contribution >= 4 is 22.4 Å². The van der Waals surface area contributed by atoms with Crippen LogP contribution >= 0.6 is 11.5 Å². The molecular weight excluding hydrogens is 246 g/mol. The number of fused-ring (bicyclic) bond motifs is 1. The molecule has 0 aliphatic rings. The van der Waals surface area contributed by atoms with Crippen molar-refractivity contribution in [3.8, 4) is 0 Å². The fourth-order valence-corrected chi connectivity index (χ4v) is 2.54. The molecule has 0 bridgehead atoms. The highest BCUT2D eigenvalue weighted by Gasteiger charge is 2.17. The van der Waals surface area contributed by atoms with Crippen LogP contribution in [0.5, 0.6) is 0 Å². The predicted octanol–water partition coefficient (Wildman–Crippen LogP) is 2.48. The van der Waals surface area contributed by atoms with Gasteiger partial charge in [-0.15, -0.1) is 5.10 Å². The predicted molar refractivity (Wildman–Crippen MR) is 70.5 cm³/mol. The Morgan fingerprint density at radius 3 is 2.89 bits per heavy atom. The molecule has 0 fully saturated rings. The third-order valence-corrected chi connectivity index (χ3v) is 3.74. The van der Waals surface area contributed by atoms with E-state index in [1.165, 1.54) is 11.5 Å². The smallest absolute Gasteiger partial charge is 0.118 e. The van der Waals surface area contributed by atoms with E-state index in [0.29, 0.717) is 0 Å². The van der Waals surface area contributed by atoms with E-state index in [0.717, 1.165) is 27.0 Å². The van der Waals surface area contributed by atoms with Crippen LogP contribution in [0.2, 0.25) is 0 Å². The Kier molecular flexibility index (Phi) is 2.77. The van der Waals surface area contributed by atoms with Crippen molar-refractivity contribution < 1.29 is 5.11 Å². The molecule has 1 N–H and O–H groups in total. The number of hydrogen-bond donors (Lipinski definition) is 1. The van der Waals surface area contributed by atoms with Crippen LogP contribution in [0.25, 0.3) is 10.9 Å². The zero-order valence-corrected chi connectivity index (χ0v) is 10.6. The molecule has 0 saturated heterocycles. The summed E-state index contributed by atoms with van der Waals surface area (Å²) in [5.41, 5.74) is 2.45. The van der Waals surface area contributed by atoms with E-state index in [1.807, 2.05) is 37.3 Å². The van der Waals surface area contributed by atoms with Crippen molar-refractivity contribution in [2.75, 3.05) is 0 Å². The zero-order valence-electron chi connectivity index (χ0n) is 9.74.